The van der Waals surface area contributed by atoms with Gasteiger partial charge in [-0.1, -0.05) is 0 Å². The van der Waals surface area contributed by atoms with Gasteiger partial charge in [-0.15, -0.1) is 0 Å². The first-order chi connectivity index (χ1) is 10.4. The molecule has 0 saturated carbocycles. The minimum Gasteiger partial charge on any atom is -0.391 e. The number of aromatic amines is 3. The monoisotopic (exact) mass is 307 g/mol. The second-order valence-electron chi connectivity index (χ2n) is 4.23. The smallest absolute Gasteiger partial charge is 0.325 e. The second kappa shape index (κ2) is 6.05. The van der Waals surface area contributed by atoms with Gasteiger partial charge in [-0.25, -0.2) is 9.78 Å². The molecule has 116 valence electrons. The van der Waals surface area contributed by atoms with E-state index < -0.39 is 11.2 Å². The summed E-state index contributed by atoms with van der Waals surface area (Å²) >= 11 is 0. The van der Waals surface area contributed by atoms with Crippen LogP contribution >= 0.6 is 0 Å². The lowest BCUT2D eigenvalue weighted by molar-refractivity contribution is 0.279. The van der Waals surface area contributed by atoms with Crippen LogP contribution in [0.1, 0.15) is 5.56 Å². The maximum atomic E-state index is 11.2. The van der Waals surface area contributed by atoms with E-state index >= 15 is 0 Å². The van der Waals surface area contributed by atoms with Crippen molar-refractivity contribution in [1.82, 2.24) is 29.5 Å². The van der Waals surface area contributed by atoms with Gasteiger partial charge in [-0.05, 0) is 0 Å². The maximum Gasteiger partial charge on any atom is 0.325 e. The summed E-state index contributed by atoms with van der Waals surface area (Å²) in [6.45, 7) is -0.369. The third-order valence-corrected chi connectivity index (χ3v) is 2.67. The molecule has 22 heavy (non-hydrogen) atoms. The predicted octanol–water partition coefficient (Wildman–Crippen LogP) is -2.21. The van der Waals surface area contributed by atoms with Crippen molar-refractivity contribution >= 4 is 17.1 Å². The Balaban J connectivity index is 0.000000164. The molecule has 0 aliphatic rings. The van der Waals surface area contributed by atoms with Crippen LogP contribution in [0, 0.1) is 0 Å². The van der Waals surface area contributed by atoms with E-state index in [-0.39, 0.29) is 23.7 Å². The van der Waals surface area contributed by atoms with Crippen LogP contribution in [-0.2, 0) is 13.7 Å². The number of aromatic nitrogens is 6. The summed E-state index contributed by atoms with van der Waals surface area (Å²) in [5.74, 6) is 0.0891. The van der Waals surface area contributed by atoms with E-state index in [1.54, 1.807) is 11.6 Å². The Labute approximate surface area is 121 Å². The second-order valence-corrected chi connectivity index (χ2v) is 4.23. The topological polar surface area (TPSA) is 176 Å². The normalized spacial score (nSPS) is 10.3. The fourth-order valence-electron chi connectivity index (χ4n) is 1.63. The van der Waals surface area contributed by atoms with Crippen LogP contribution in [0.2, 0.25) is 0 Å². The number of H-pyrrole nitrogens is 3. The van der Waals surface area contributed by atoms with Crippen molar-refractivity contribution in [3.05, 3.63) is 49.3 Å². The minimum atomic E-state index is -0.567. The molecule has 0 unspecified atom stereocenters. The van der Waals surface area contributed by atoms with Crippen LogP contribution in [0.15, 0.2) is 26.9 Å². The van der Waals surface area contributed by atoms with Gasteiger partial charge in [0.15, 0.2) is 11.2 Å². The fraction of sp³-hybridized carbons (Fsp3) is 0.182. The molecule has 11 heteroatoms. The van der Waals surface area contributed by atoms with Crippen molar-refractivity contribution in [1.29, 1.82) is 0 Å². The average molecular weight is 307 g/mol. The molecule has 3 heterocycles. The number of nitrogens with two attached hydrogens (primary N) is 1. The Morgan fingerprint density at radius 3 is 2.64 bits per heavy atom. The molecule has 0 amide bonds. The highest BCUT2D eigenvalue weighted by atomic mass is 16.3. The van der Waals surface area contributed by atoms with Gasteiger partial charge in [0.25, 0.3) is 11.1 Å². The van der Waals surface area contributed by atoms with Gasteiger partial charge in [-0.2, -0.15) is 4.98 Å². The Morgan fingerprint density at radius 1 is 1.27 bits per heavy atom. The van der Waals surface area contributed by atoms with Gasteiger partial charge in [0.1, 0.15) is 0 Å². The van der Waals surface area contributed by atoms with Gasteiger partial charge in [0.2, 0.25) is 5.95 Å². The van der Waals surface area contributed by atoms with E-state index in [0.29, 0.717) is 11.2 Å². The Hall–Kier alpha value is -3.21. The predicted molar refractivity (Wildman–Crippen MR) is 77.1 cm³/mol. The van der Waals surface area contributed by atoms with Crippen molar-refractivity contribution in [2.75, 3.05) is 5.73 Å². The minimum absolute atomic E-state index is 0.0891. The first kappa shape index (κ1) is 15.2. The molecule has 0 saturated heterocycles. The van der Waals surface area contributed by atoms with E-state index in [1.165, 1.54) is 12.5 Å². The Morgan fingerprint density at radius 2 is 2.00 bits per heavy atom. The number of fused-ring (bicyclic) bond motifs is 1. The van der Waals surface area contributed by atoms with Crippen LogP contribution in [0.5, 0.6) is 0 Å². The van der Waals surface area contributed by atoms with Crippen molar-refractivity contribution in [2.24, 2.45) is 7.05 Å². The highest BCUT2D eigenvalue weighted by Crippen LogP contribution is 2.02. The van der Waals surface area contributed by atoms with E-state index in [2.05, 4.69) is 19.9 Å². The molecule has 3 aromatic heterocycles. The lowest BCUT2D eigenvalue weighted by Gasteiger charge is -1.93. The third-order valence-electron chi connectivity index (χ3n) is 2.67. The number of aliphatic hydroxyl groups is 1. The molecular formula is C11H13N7O4. The summed E-state index contributed by atoms with van der Waals surface area (Å²) in [6, 6.07) is 0. The molecule has 3 rings (SSSR count). The fourth-order valence-corrected chi connectivity index (χ4v) is 1.63. The standard InChI is InChI=1S/C6H7N5O.C5H6N2O3/c1-11-2-8-4-3(11)5(12)10-6(7)9-4;8-2-3-1-6-5(10)7-4(3)9/h2H,1H3,(H3,7,9,10,12);1,8H,2H2,(H2,6,7,9,10). The number of anilines is 1. The number of imidazole rings is 1. The average Bonchev–Trinajstić information content (AvgIpc) is 2.81. The van der Waals surface area contributed by atoms with Gasteiger partial charge in [0, 0.05) is 13.2 Å². The summed E-state index contributed by atoms with van der Waals surface area (Å²) in [5.41, 5.74) is 4.90. The molecule has 3 aromatic rings. The van der Waals surface area contributed by atoms with Crippen molar-refractivity contribution in [2.45, 2.75) is 6.61 Å². The highest BCUT2D eigenvalue weighted by molar-refractivity contribution is 5.70. The van der Waals surface area contributed by atoms with Crippen molar-refractivity contribution < 1.29 is 5.11 Å². The molecule has 0 radical (unpaired) electrons. The number of nitrogen functional groups attached to an aromatic ring is 1. The molecule has 0 bridgehead atoms. The Kier molecular flexibility index (Phi) is 4.18. The molecule has 0 spiro atoms. The van der Waals surface area contributed by atoms with Crippen molar-refractivity contribution in [3.63, 3.8) is 0 Å². The van der Waals surface area contributed by atoms with Gasteiger partial charge in [0.05, 0.1) is 18.5 Å². The zero-order valence-corrected chi connectivity index (χ0v) is 11.5. The summed E-state index contributed by atoms with van der Waals surface area (Å²) < 4.78 is 1.60. The molecular weight excluding hydrogens is 294 g/mol. The van der Waals surface area contributed by atoms with Crippen molar-refractivity contribution in [3.8, 4) is 0 Å². The Bertz CT molecular complexity index is 965. The molecule has 0 fully saturated rings. The number of nitrogens with one attached hydrogen (secondary N) is 3. The molecule has 0 aromatic carbocycles. The first-order valence-electron chi connectivity index (χ1n) is 6.01. The summed E-state index contributed by atoms with van der Waals surface area (Å²) in [5, 5.41) is 8.47. The lowest BCUT2D eigenvalue weighted by Crippen LogP contribution is -2.24. The van der Waals surface area contributed by atoms with E-state index in [0.717, 1.165) is 0 Å². The summed E-state index contributed by atoms with van der Waals surface area (Å²) in [7, 11) is 1.72. The van der Waals surface area contributed by atoms with Gasteiger partial charge < -0.3 is 20.4 Å². The molecule has 6 N–H and O–H groups in total. The third kappa shape index (κ3) is 3.09. The number of aryl methyl sites for hydroxylation is 1. The summed E-state index contributed by atoms with van der Waals surface area (Å²) in [4.78, 5) is 46.6. The van der Waals surface area contributed by atoms with E-state index in [9.17, 15) is 14.4 Å². The molecule has 0 aliphatic carbocycles. The van der Waals surface area contributed by atoms with E-state index in [1.807, 2.05) is 4.98 Å². The lowest BCUT2D eigenvalue weighted by atomic mass is 10.4. The number of rotatable bonds is 1. The maximum absolute atomic E-state index is 11.2. The largest absolute Gasteiger partial charge is 0.391 e. The van der Waals surface area contributed by atoms with Crippen LogP contribution in [0.4, 0.5) is 5.95 Å². The van der Waals surface area contributed by atoms with Crippen LogP contribution in [0.25, 0.3) is 11.2 Å². The molecule has 0 aliphatic heterocycles. The number of hydrogen-bond donors (Lipinski definition) is 5. The SMILES string of the molecule is Cn1cnc2nc(N)[nH]c(=O)c21.O=c1[nH]cc(CO)c(=O)[nH]1. The van der Waals surface area contributed by atoms with Gasteiger partial charge >= 0.3 is 5.69 Å². The van der Waals surface area contributed by atoms with Crippen LogP contribution in [0.3, 0.4) is 0 Å². The number of aliphatic hydroxyl groups excluding tert-OH is 1. The highest BCUT2D eigenvalue weighted by Gasteiger charge is 2.05. The molecule has 0 atom stereocenters. The quantitative estimate of drug-likeness (QED) is 0.338. The van der Waals surface area contributed by atoms with Gasteiger partial charge in [-0.3, -0.25) is 19.6 Å². The number of nitrogens with zero attached hydrogens (tertiary/aromatic N) is 3. The zero-order chi connectivity index (χ0) is 16.3. The molecule has 11 nitrogen and oxygen atoms in total. The summed E-state index contributed by atoms with van der Waals surface area (Å²) in [6.07, 6.45) is 2.70. The number of hydrogen-bond acceptors (Lipinski definition) is 7. The van der Waals surface area contributed by atoms with E-state index in [4.69, 9.17) is 10.8 Å². The van der Waals surface area contributed by atoms with Crippen LogP contribution < -0.4 is 22.5 Å². The van der Waals surface area contributed by atoms with Crippen LogP contribution in [-0.4, -0.2) is 34.6 Å². The zero-order valence-electron chi connectivity index (χ0n) is 11.5. The first-order valence-corrected chi connectivity index (χ1v) is 6.01.